The lowest BCUT2D eigenvalue weighted by Crippen LogP contribution is -2.31. The summed E-state index contributed by atoms with van der Waals surface area (Å²) in [6.07, 6.45) is 0.329. The minimum absolute atomic E-state index is 0.0346. The van der Waals surface area contributed by atoms with Crippen molar-refractivity contribution in [1.29, 1.82) is 0 Å². The van der Waals surface area contributed by atoms with Crippen LogP contribution in [0.1, 0.15) is 28.0 Å². The van der Waals surface area contributed by atoms with Crippen LogP contribution in [-0.2, 0) is 6.42 Å². The van der Waals surface area contributed by atoms with Gasteiger partial charge in [0.15, 0.2) is 0 Å². The second-order valence-electron chi connectivity index (χ2n) is 7.49. The van der Waals surface area contributed by atoms with E-state index >= 15 is 0 Å². The van der Waals surface area contributed by atoms with Gasteiger partial charge in [-0.15, -0.1) is 0 Å². The average molecular weight is 461 g/mol. The third-order valence-corrected chi connectivity index (χ3v) is 5.60. The van der Waals surface area contributed by atoms with Crippen LogP contribution in [0.4, 0.5) is 5.69 Å². The van der Waals surface area contributed by atoms with E-state index in [-0.39, 0.29) is 16.3 Å². The van der Waals surface area contributed by atoms with E-state index in [1.54, 1.807) is 0 Å². The molecule has 3 N–H and O–H groups in total. The number of halogens is 1. The highest BCUT2D eigenvalue weighted by atomic mass is 35.5. The molecular formula is C23H17ClN6O3. The number of aromatic nitrogens is 4. The first-order valence-corrected chi connectivity index (χ1v) is 10.5. The Labute approximate surface area is 192 Å². The Balaban J connectivity index is 1.49. The maximum absolute atomic E-state index is 13.0. The van der Waals surface area contributed by atoms with Gasteiger partial charge in [0.05, 0.1) is 33.0 Å². The van der Waals surface area contributed by atoms with E-state index in [0.717, 1.165) is 28.1 Å². The lowest BCUT2D eigenvalue weighted by atomic mass is 10.1. The van der Waals surface area contributed by atoms with Crippen molar-refractivity contribution < 1.29 is 9.72 Å². The Kier molecular flexibility index (Phi) is 5.23. The highest BCUT2D eigenvalue weighted by molar-refractivity contribution is 6.32. The Morgan fingerprint density at radius 2 is 1.67 bits per heavy atom. The highest BCUT2D eigenvalue weighted by Crippen LogP contribution is 2.26. The molecule has 0 fully saturated rings. The maximum atomic E-state index is 13.0. The molecule has 0 aliphatic carbocycles. The molecule has 0 bridgehead atoms. The van der Waals surface area contributed by atoms with Gasteiger partial charge in [0.1, 0.15) is 16.7 Å². The van der Waals surface area contributed by atoms with E-state index in [1.165, 1.54) is 12.1 Å². The minimum atomic E-state index is -0.621. The summed E-state index contributed by atoms with van der Waals surface area (Å²) in [5.41, 5.74) is 3.08. The molecule has 3 aromatic carbocycles. The predicted molar refractivity (Wildman–Crippen MR) is 124 cm³/mol. The normalized spacial score (nSPS) is 12.2. The van der Waals surface area contributed by atoms with Crippen molar-refractivity contribution in [3.8, 4) is 0 Å². The molecule has 0 aliphatic heterocycles. The number of aromatic amines is 2. The summed E-state index contributed by atoms with van der Waals surface area (Å²) < 4.78 is 0. The maximum Gasteiger partial charge on any atom is 0.288 e. The van der Waals surface area contributed by atoms with Gasteiger partial charge < -0.3 is 15.3 Å². The summed E-state index contributed by atoms with van der Waals surface area (Å²) in [4.78, 5) is 39.4. The molecule has 0 saturated carbocycles. The van der Waals surface area contributed by atoms with Gasteiger partial charge in [-0.3, -0.25) is 14.9 Å². The van der Waals surface area contributed by atoms with Crippen molar-refractivity contribution in [2.45, 2.75) is 12.5 Å². The SMILES string of the molecule is O=C(NC(Cc1nc2ccccc2[nH]1)c1nc2ccccc2[nH]1)c1ccc(Cl)c([N+](=O)[O-])c1. The van der Waals surface area contributed by atoms with Crippen LogP contribution in [-0.4, -0.2) is 30.8 Å². The van der Waals surface area contributed by atoms with Crippen molar-refractivity contribution in [3.05, 3.63) is 99.1 Å². The molecule has 5 aromatic rings. The summed E-state index contributed by atoms with van der Waals surface area (Å²) in [5, 5.41) is 14.1. The second kappa shape index (κ2) is 8.36. The number of para-hydroxylation sites is 4. The van der Waals surface area contributed by atoms with Crippen LogP contribution in [0.3, 0.4) is 0 Å². The van der Waals surface area contributed by atoms with Crippen LogP contribution in [0.5, 0.6) is 0 Å². The summed E-state index contributed by atoms with van der Waals surface area (Å²) in [7, 11) is 0. The molecule has 0 spiro atoms. The molecule has 5 rings (SSSR count). The number of benzene rings is 3. The van der Waals surface area contributed by atoms with Crippen LogP contribution in [0.15, 0.2) is 66.7 Å². The highest BCUT2D eigenvalue weighted by Gasteiger charge is 2.23. The summed E-state index contributed by atoms with van der Waals surface area (Å²) >= 11 is 5.89. The Hall–Kier alpha value is -4.24. The summed E-state index contributed by atoms with van der Waals surface area (Å²) in [6, 6.07) is 18.6. The molecule has 164 valence electrons. The van der Waals surface area contributed by atoms with Gasteiger partial charge in [0.2, 0.25) is 0 Å². The lowest BCUT2D eigenvalue weighted by Gasteiger charge is -2.16. The zero-order chi connectivity index (χ0) is 22.9. The number of carbonyl (C=O) groups excluding carboxylic acids is 1. The topological polar surface area (TPSA) is 130 Å². The first kappa shape index (κ1) is 20.7. The average Bonchev–Trinajstić information content (AvgIpc) is 3.42. The molecule has 1 amide bonds. The first-order valence-electron chi connectivity index (χ1n) is 10.1. The number of nitro groups is 1. The van der Waals surface area contributed by atoms with Crippen LogP contribution < -0.4 is 5.32 Å². The largest absolute Gasteiger partial charge is 0.342 e. The number of H-pyrrole nitrogens is 2. The van der Waals surface area contributed by atoms with E-state index in [0.29, 0.717) is 18.1 Å². The van der Waals surface area contributed by atoms with E-state index < -0.39 is 16.9 Å². The molecule has 0 radical (unpaired) electrons. The minimum Gasteiger partial charge on any atom is -0.342 e. The molecule has 10 heteroatoms. The molecule has 2 aromatic heterocycles. The van der Waals surface area contributed by atoms with E-state index in [2.05, 4.69) is 25.3 Å². The van der Waals surface area contributed by atoms with Crippen LogP contribution in [0.2, 0.25) is 5.02 Å². The number of hydrogen-bond acceptors (Lipinski definition) is 5. The number of nitro benzene ring substituents is 1. The van der Waals surface area contributed by atoms with Gasteiger partial charge in [-0.25, -0.2) is 9.97 Å². The second-order valence-corrected chi connectivity index (χ2v) is 7.90. The number of nitrogens with one attached hydrogen (secondary N) is 3. The quantitative estimate of drug-likeness (QED) is 0.249. The Morgan fingerprint density at radius 3 is 2.33 bits per heavy atom. The third-order valence-electron chi connectivity index (χ3n) is 5.28. The molecule has 2 heterocycles. The van der Waals surface area contributed by atoms with Crippen molar-refractivity contribution in [2.75, 3.05) is 0 Å². The van der Waals surface area contributed by atoms with Crippen molar-refractivity contribution in [1.82, 2.24) is 25.3 Å². The molecular weight excluding hydrogens is 444 g/mol. The Bertz CT molecular complexity index is 1440. The number of imidazole rings is 2. The van der Waals surface area contributed by atoms with Gasteiger partial charge in [-0.05, 0) is 36.4 Å². The number of carbonyl (C=O) groups is 1. The summed E-state index contributed by atoms with van der Waals surface area (Å²) in [5.74, 6) is 0.730. The van der Waals surface area contributed by atoms with E-state index in [1.807, 2.05) is 48.5 Å². The number of hydrogen-bond donors (Lipinski definition) is 3. The van der Waals surface area contributed by atoms with Gasteiger partial charge in [-0.2, -0.15) is 0 Å². The first-order chi connectivity index (χ1) is 16.0. The number of amides is 1. The fourth-order valence-electron chi connectivity index (χ4n) is 3.68. The van der Waals surface area contributed by atoms with Gasteiger partial charge >= 0.3 is 0 Å². The standard InChI is InChI=1S/C23H17ClN6O3/c24-14-10-9-13(11-20(14)30(32)33)23(31)29-19(22-27-17-7-3-4-8-18(17)28-22)12-21-25-15-5-1-2-6-16(15)26-21/h1-11,19H,12H2,(H,25,26)(H,27,28)(H,29,31). The number of nitrogens with zero attached hydrogens (tertiary/aromatic N) is 3. The lowest BCUT2D eigenvalue weighted by molar-refractivity contribution is -0.384. The number of fused-ring (bicyclic) bond motifs is 2. The molecule has 33 heavy (non-hydrogen) atoms. The van der Waals surface area contributed by atoms with Crippen molar-refractivity contribution in [2.24, 2.45) is 0 Å². The molecule has 0 saturated heterocycles. The number of rotatable bonds is 6. The van der Waals surface area contributed by atoms with E-state index in [9.17, 15) is 14.9 Å². The van der Waals surface area contributed by atoms with Crippen LogP contribution in [0.25, 0.3) is 22.1 Å². The fraction of sp³-hybridized carbons (Fsp3) is 0.0870. The smallest absolute Gasteiger partial charge is 0.288 e. The van der Waals surface area contributed by atoms with Crippen molar-refractivity contribution in [3.63, 3.8) is 0 Å². The molecule has 1 atom stereocenters. The molecule has 9 nitrogen and oxygen atoms in total. The van der Waals surface area contributed by atoms with Gasteiger partial charge in [0.25, 0.3) is 11.6 Å². The predicted octanol–water partition coefficient (Wildman–Crippen LogP) is 4.71. The van der Waals surface area contributed by atoms with Gasteiger partial charge in [-0.1, -0.05) is 35.9 Å². The van der Waals surface area contributed by atoms with Gasteiger partial charge in [0, 0.05) is 18.1 Å². The summed E-state index contributed by atoms with van der Waals surface area (Å²) in [6.45, 7) is 0. The fourth-order valence-corrected chi connectivity index (χ4v) is 3.87. The monoisotopic (exact) mass is 460 g/mol. The van der Waals surface area contributed by atoms with E-state index in [4.69, 9.17) is 11.6 Å². The molecule has 1 unspecified atom stereocenters. The zero-order valence-corrected chi connectivity index (χ0v) is 17.8. The Morgan fingerprint density at radius 1 is 1.00 bits per heavy atom. The van der Waals surface area contributed by atoms with Crippen LogP contribution in [0, 0.1) is 10.1 Å². The van der Waals surface area contributed by atoms with Crippen LogP contribution >= 0.6 is 11.6 Å². The zero-order valence-electron chi connectivity index (χ0n) is 17.1. The van der Waals surface area contributed by atoms with Crippen molar-refractivity contribution >= 4 is 45.3 Å². The molecule has 0 aliphatic rings. The third kappa shape index (κ3) is 4.13.